The highest BCUT2D eigenvalue weighted by molar-refractivity contribution is 5.82. The molecule has 0 bridgehead atoms. The minimum atomic E-state index is -0.209. The first-order chi connectivity index (χ1) is 11.1. The van der Waals surface area contributed by atoms with Gasteiger partial charge in [0.15, 0.2) is 0 Å². The monoisotopic (exact) mass is 311 g/mol. The molecule has 0 spiro atoms. The number of carbonyl (C=O) groups excluding carboxylic acids is 1. The van der Waals surface area contributed by atoms with Crippen LogP contribution >= 0.6 is 0 Å². The lowest BCUT2D eigenvalue weighted by atomic mass is 9.93. The Labute approximate surface area is 135 Å². The van der Waals surface area contributed by atoms with Crippen molar-refractivity contribution in [1.82, 2.24) is 14.8 Å². The van der Waals surface area contributed by atoms with Crippen LogP contribution in [-0.2, 0) is 31.4 Å². The van der Waals surface area contributed by atoms with Crippen LogP contribution in [0.1, 0.15) is 16.7 Å². The molecular formula is C18H21N3O2. The fourth-order valence-corrected chi connectivity index (χ4v) is 3.09. The molecular weight excluding hydrogens is 290 g/mol. The topological polar surface area (TPSA) is 54.3 Å². The van der Waals surface area contributed by atoms with E-state index in [0.717, 1.165) is 5.56 Å². The summed E-state index contributed by atoms with van der Waals surface area (Å²) in [7, 11) is 3.40. The van der Waals surface area contributed by atoms with Gasteiger partial charge in [-0.15, -0.1) is 0 Å². The molecule has 1 atom stereocenters. The Hall–Kier alpha value is -2.40. The Balaban J connectivity index is 1.89. The Kier molecular flexibility index (Phi) is 4.30. The Morgan fingerprint density at radius 2 is 2.00 bits per heavy atom. The van der Waals surface area contributed by atoms with E-state index in [1.165, 1.54) is 11.1 Å². The largest absolute Gasteiger partial charge is 0.358 e. The van der Waals surface area contributed by atoms with Crippen molar-refractivity contribution in [2.75, 3.05) is 7.05 Å². The highest BCUT2D eigenvalue weighted by Crippen LogP contribution is 2.24. The van der Waals surface area contributed by atoms with Gasteiger partial charge in [-0.3, -0.25) is 14.5 Å². The fraction of sp³-hybridized carbons (Fsp3) is 0.333. The zero-order valence-corrected chi connectivity index (χ0v) is 13.5. The van der Waals surface area contributed by atoms with Gasteiger partial charge < -0.3 is 9.88 Å². The van der Waals surface area contributed by atoms with Crippen molar-refractivity contribution in [2.45, 2.75) is 25.6 Å². The second-order valence-corrected chi connectivity index (χ2v) is 5.99. The van der Waals surface area contributed by atoms with E-state index in [2.05, 4.69) is 22.3 Å². The molecule has 23 heavy (non-hydrogen) atoms. The van der Waals surface area contributed by atoms with Crippen molar-refractivity contribution >= 4 is 5.91 Å². The summed E-state index contributed by atoms with van der Waals surface area (Å²) in [5, 5.41) is 2.76. The summed E-state index contributed by atoms with van der Waals surface area (Å²) in [5.41, 5.74) is 3.37. The number of fused-ring (bicyclic) bond motifs is 1. The van der Waals surface area contributed by atoms with Crippen molar-refractivity contribution in [3.63, 3.8) is 0 Å². The molecule has 0 unspecified atom stereocenters. The molecule has 0 aliphatic carbocycles. The summed E-state index contributed by atoms with van der Waals surface area (Å²) in [4.78, 5) is 26.2. The predicted octanol–water partition coefficient (Wildman–Crippen LogP) is 1.06. The Morgan fingerprint density at radius 3 is 2.70 bits per heavy atom. The molecule has 1 aromatic carbocycles. The van der Waals surface area contributed by atoms with Crippen LogP contribution in [0.2, 0.25) is 0 Å². The van der Waals surface area contributed by atoms with Gasteiger partial charge >= 0.3 is 0 Å². The molecule has 1 aliphatic heterocycles. The minimum absolute atomic E-state index is 0.0170. The minimum Gasteiger partial charge on any atom is -0.358 e. The van der Waals surface area contributed by atoms with E-state index in [1.54, 1.807) is 30.9 Å². The van der Waals surface area contributed by atoms with Crippen molar-refractivity contribution in [3.05, 3.63) is 69.6 Å². The van der Waals surface area contributed by atoms with Gasteiger partial charge in [-0.25, -0.2) is 0 Å². The molecule has 1 N–H and O–H groups in total. The van der Waals surface area contributed by atoms with Crippen LogP contribution < -0.4 is 10.9 Å². The van der Waals surface area contributed by atoms with Gasteiger partial charge in [0.2, 0.25) is 5.91 Å². The Bertz CT molecular complexity index is 782. The van der Waals surface area contributed by atoms with Gasteiger partial charge in [-0.1, -0.05) is 24.3 Å². The van der Waals surface area contributed by atoms with Crippen LogP contribution in [0, 0.1) is 0 Å². The zero-order valence-electron chi connectivity index (χ0n) is 13.5. The average Bonchev–Trinajstić information content (AvgIpc) is 2.57. The molecule has 120 valence electrons. The molecule has 1 aromatic heterocycles. The third kappa shape index (κ3) is 3.19. The molecule has 0 saturated carbocycles. The highest BCUT2D eigenvalue weighted by Gasteiger charge is 2.30. The van der Waals surface area contributed by atoms with E-state index in [4.69, 9.17) is 0 Å². The number of benzene rings is 1. The van der Waals surface area contributed by atoms with Gasteiger partial charge in [0, 0.05) is 39.4 Å². The maximum Gasteiger partial charge on any atom is 0.250 e. The van der Waals surface area contributed by atoms with Crippen molar-refractivity contribution in [3.8, 4) is 0 Å². The number of pyridine rings is 1. The van der Waals surface area contributed by atoms with Crippen LogP contribution in [0.3, 0.4) is 0 Å². The summed E-state index contributed by atoms with van der Waals surface area (Å²) in [6.45, 7) is 1.30. The van der Waals surface area contributed by atoms with Crippen molar-refractivity contribution in [1.29, 1.82) is 0 Å². The van der Waals surface area contributed by atoms with E-state index in [-0.39, 0.29) is 17.5 Å². The van der Waals surface area contributed by atoms with Crippen molar-refractivity contribution < 1.29 is 4.79 Å². The first-order valence-electron chi connectivity index (χ1n) is 7.76. The SMILES string of the molecule is CNC(=O)[C@H]1Cc2ccccc2CN1Cc1ccn(C)c(=O)c1. The number of hydrogen-bond acceptors (Lipinski definition) is 3. The van der Waals surface area contributed by atoms with E-state index in [1.807, 2.05) is 18.2 Å². The first kappa shape index (κ1) is 15.5. The normalized spacial score (nSPS) is 17.6. The number of aromatic nitrogens is 1. The third-order valence-corrected chi connectivity index (χ3v) is 4.45. The van der Waals surface area contributed by atoms with E-state index in [9.17, 15) is 9.59 Å². The van der Waals surface area contributed by atoms with Crippen LogP contribution in [0.4, 0.5) is 0 Å². The van der Waals surface area contributed by atoms with Gasteiger partial charge in [-0.2, -0.15) is 0 Å². The molecule has 5 nitrogen and oxygen atoms in total. The van der Waals surface area contributed by atoms with Gasteiger partial charge in [0.1, 0.15) is 0 Å². The predicted molar refractivity (Wildman–Crippen MR) is 88.9 cm³/mol. The summed E-state index contributed by atoms with van der Waals surface area (Å²) in [5.74, 6) is 0.0170. The lowest BCUT2D eigenvalue weighted by molar-refractivity contribution is -0.126. The molecule has 2 heterocycles. The average molecular weight is 311 g/mol. The second-order valence-electron chi connectivity index (χ2n) is 5.99. The summed E-state index contributed by atoms with van der Waals surface area (Å²) in [6.07, 6.45) is 2.46. The second kappa shape index (κ2) is 6.38. The summed E-state index contributed by atoms with van der Waals surface area (Å²) in [6, 6.07) is 11.6. The third-order valence-electron chi connectivity index (χ3n) is 4.45. The Morgan fingerprint density at radius 1 is 1.26 bits per heavy atom. The number of likely N-dealkylation sites (N-methyl/N-ethyl adjacent to an activating group) is 1. The quantitative estimate of drug-likeness (QED) is 0.922. The molecule has 0 saturated heterocycles. The highest BCUT2D eigenvalue weighted by atomic mass is 16.2. The number of rotatable bonds is 3. The van der Waals surface area contributed by atoms with Crippen LogP contribution in [-0.4, -0.2) is 28.5 Å². The molecule has 1 amide bonds. The maximum atomic E-state index is 12.3. The molecule has 3 rings (SSSR count). The fourth-order valence-electron chi connectivity index (χ4n) is 3.09. The first-order valence-corrected chi connectivity index (χ1v) is 7.76. The zero-order chi connectivity index (χ0) is 16.4. The lowest BCUT2D eigenvalue weighted by Gasteiger charge is -2.35. The van der Waals surface area contributed by atoms with E-state index in [0.29, 0.717) is 19.5 Å². The van der Waals surface area contributed by atoms with E-state index < -0.39 is 0 Å². The van der Waals surface area contributed by atoms with Crippen LogP contribution in [0.25, 0.3) is 0 Å². The number of amides is 1. The van der Waals surface area contributed by atoms with Crippen LogP contribution in [0.15, 0.2) is 47.4 Å². The number of nitrogens with zero attached hydrogens (tertiary/aromatic N) is 2. The molecule has 5 heteroatoms. The summed E-state index contributed by atoms with van der Waals surface area (Å²) < 4.78 is 1.55. The number of carbonyl (C=O) groups is 1. The van der Waals surface area contributed by atoms with Crippen LogP contribution in [0.5, 0.6) is 0 Å². The number of nitrogens with one attached hydrogen (secondary N) is 1. The van der Waals surface area contributed by atoms with Gasteiger partial charge in [0.05, 0.1) is 6.04 Å². The maximum absolute atomic E-state index is 12.3. The lowest BCUT2D eigenvalue weighted by Crippen LogP contribution is -2.49. The number of hydrogen-bond donors (Lipinski definition) is 1. The smallest absolute Gasteiger partial charge is 0.250 e. The summed E-state index contributed by atoms with van der Waals surface area (Å²) >= 11 is 0. The molecule has 0 radical (unpaired) electrons. The van der Waals surface area contributed by atoms with E-state index >= 15 is 0 Å². The van der Waals surface area contributed by atoms with Gasteiger partial charge in [-0.05, 0) is 29.2 Å². The van der Waals surface area contributed by atoms with Crippen molar-refractivity contribution in [2.24, 2.45) is 7.05 Å². The standard InChI is InChI=1S/C18H21N3O2/c1-19-18(23)16-10-14-5-3-4-6-15(14)12-21(16)11-13-7-8-20(2)17(22)9-13/h3-9,16H,10-12H2,1-2H3,(H,19,23)/t16-/m1/s1. The molecule has 0 fully saturated rings. The number of aryl methyl sites for hydroxylation is 1. The molecule has 2 aromatic rings. The van der Waals surface area contributed by atoms with Gasteiger partial charge in [0.25, 0.3) is 5.56 Å². The molecule has 1 aliphatic rings.